The second kappa shape index (κ2) is 6.46. The first-order chi connectivity index (χ1) is 12.2. The first-order valence-corrected chi connectivity index (χ1v) is 8.23. The molecule has 25 heavy (non-hydrogen) atoms. The molecule has 0 saturated carbocycles. The Morgan fingerprint density at radius 2 is 2.00 bits per heavy atom. The second-order valence-corrected chi connectivity index (χ2v) is 6.16. The van der Waals surface area contributed by atoms with Gasteiger partial charge in [-0.2, -0.15) is 4.98 Å². The highest BCUT2D eigenvalue weighted by atomic mass is 16.5. The van der Waals surface area contributed by atoms with Crippen LogP contribution in [0.3, 0.4) is 0 Å². The molecule has 8 nitrogen and oxygen atoms in total. The fraction of sp³-hybridized carbons (Fsp3) is 0.353. The van der Waals surface area contributed by atoms with Crippen LogP contribution in [0.15, 0.2) is 41.3 Å². The summed E-state index contributed by atoms with van der Waals surface area (Å²) in [6.45, 7) is 0.880. The first kappa shape index (κ1) is 15.5. The van der Waals surface area contributed by atoms with Crippen LogP contribution in [0.4, 0.5) is 11.8 Å². The number of nitrogens with zero attached hydrogens (tertiary/aromatic N) is 7. The van der Waals surface area contributed by atoms with Gasteiger partial charge in [0.2, 0.25) is 17.7 Å². The maximum atomic E-state index is 5.54. The Labute approximate surface area is 145 Å². The largest absolute Gasteiger partial charge is 0.363 e. The van der Waals surface area contributed by atoms with Crippen LogP contribution in [-0.4, -0.2) is 45.7 Å². The van der Waals surface area contributed by atoms with E-state index in [1.165, 1.54) is 0 Å². The summed E-state index contributed by atoms with van der Waals surface area (Å²) in [4.78, 5) is 21.7. The van der Waals surface area contributed by atoms with Crippen molar-refractivity contribution in [1.29, 1.82) is 0 Å². The van der Waals surface area contributed by atoms with E-state index in [0.717, 1.165) is 30.8 Å². The third-order valence-corrected chi connectivity index (χ3v) is 4.25. The minimum absolute atomic E-state index is 0.0117. The van der Waals surface area contributed by atoms with Crippen molar-refractivity contribution >= 4 is 11.8 Å². The maximum Gasteiger partial charge on any atom is 0.249 e. The third-order valence-electron chi connectivity index (χ3n) is 4.25. The molecule has 4 rings (SSSR count). The summed E-state index contributed by atoms with van der Waals surface area (Å²) in [6.07, 6.45) is 7.23. The van der Waals surface area contributed by atoms with Crippen LogP contribution in [0.1, 0.15) is 24.8 Å². The van der Waals surface area contributed by atoms with E-state index in [-0.39, 0.29) is 6.04 Å². The van der Waals surface area contributed by atoms with Gasteiger partial charge >= 0.3 is 0 Å². The van der Waals surface area contributed by atoms with E-state index >= 15 is 0 Å². The molecule has 1 atom stereocenters. The Hall–Kier alpha value is -3.03. The van der Waals surface area contributed by atoms with Gasteiger partial charge in [0.1, 0.15) is 11.9 Å². The molecule has 128 valence electrons. The second-order valence-electron chi connectivity index (χ2n) is 6.16. The first-order valence-electron chi connectivity index (χ1n) is 8.23. The zero-order valence-electron chi connectivity index (χ0n) is 14.2. The van der Waals surface area contributed by atoms with Gasteiger partial charge in [0.05, 0.1) is 0 Å². The van der Waals surface area contributed by atoms with Gasteiger partial charge in [0.25, 0.3) is 0 Å². The van der Waals surface area contributed by atoms with Gasteiger partial charge in [0, 0.05) is 44.8 Å². The Kier molecular flexibility index (Phi) is 4.01. The summed E-state index contributed by atoms with van der Waals surface area (Å²) < 4.78 is 5.54. The predicted molar refractivity (Wildman–Crippen MR) is 93.2 cm³/mol. The Morgan fingerprint density at radius 3 is 2.72 bits per heavy atom. The van der Waals surface area contributed by atoms with E-state index in [9.17, 15) is 0 Å². The van der Waals surface area contributed by atoms with E-state index in [4.69, 9.17) is 4.52 Å². The molecule has 3 aromatic rings. The number of anilines is 2. The molecule has 0 amide bonds. The minimum atomic E-state index is 0.0117. The van der Waals surface area contributed by atoms with E-state index < -0.39 is 0 Å². The normalized spacial score (nSPS) is 17.0. The lowest BCUT2D eigenvalue weighted by molar-refractivity contribution is 0.354. The van der Waals surface area contributed by atoms with Crippen LogP contribution in [0, 0.1) is 0 Å². The van der Waals surface area contributed by atoms with Gasteiger partial charge in [-0.25, -0.2) is 15.0 Å². The van der Waals surface area contributed by atoms with Gasteiger partial charge in [0.15, 0.2) is 0 Å². The lowest BCUT2D eigenvalue weighted by atomic mass is 10.2. The average Bonchev–Trinajstić information content (AvgIpc) is 3.32. The number of aromatic nitrogens is 5. The van der Waals surface area contributed by atoms with Crippen LogP contribution >= 0.6 is 0 Å². The molecule has 8 heteroatoms. The highest BCUT2D eigenvalue weighted by Gasteiger charge is 2.32. The summed E-state index contributed by atoms with van der Waals surface area (Å²) in [5.74, 6) is 2.72. The molecular weight excluding hydrogens is 318 g/mol. The van der Waals surface area contributed by atoms with Crippen LogP contribution in [0.5, 0.6) is 0 Å². The van der Waals surface area contributed by atoms with Crippen molar-refractivity contribution < 1.29 is 4.52 Å². The van der Waals surface area contributed by atoms with Crippen LogP contribution < -0.4 is 9.80 Å². The fourth-order valence-corrected chi connectivity index (χ4v) is 2.97. The minimum Gasteiger partial charge on any atom is -0.363 e. The highest BCUT2D eigenvalue weighted by Crippen LogP contribution is 2.34. The third kappa shape index (κ3) is 3.02. The van der Waals surface area contributed by atoms with Gasteiger partial charge in [-0.3, -0.25) is 0 Å². The lowest BCUT2D eigenvalue weighted by Crippen LogP contribution is -2.24. The van der Waals surface area contributed by atoms with Crippen molar-refractivity contribution in [3.63, 3.8) is 0 Å². The van der Waals surface area contributed by atoms with Crippen molar-refractivity contribution in [2.45, 2.75) is 18.9 Å². The predicted octanol–water partition coefficient (Wildman–Crippen LogP) is 2.33. The highest BCUT2D eigenvalue weighted by molar-refractivity contribution is 5.55. The number of hydrogen-bond acceptors (Lipinski definition) is 8. The molecule has 1 fully saturated rings. The van der Waals surface area contributed by atoms with Crippen LogP contribution in [0.25, 0.3) is 11.4 Å². The summed E-state index contributed by atoms with van der Waals surface area (Å²) in [6, 6.07) is 5.70. The van der Waals surface area contributed by atoms with Crippen molar-refractivity contribution in [2.75, 3.05) is 30.4 Å². The van der Waals surface area contributed by atoms with Gasteiger partial charge in [-0.15, -0.1) is 0 Å². The number of pyridine rings is 1. The Bertz CT molecular complexity index is 832. The molecule has 0 spiro atoms. The Morgan fingerprint density at radius 1 is 1.16 bits per heavy atom. The van der Waals surface area contributed by atoms with Crippen molar-refractivity contribution in [3.8, 4) is 11.4 Å². The van der Waals surface area contributed by atoms with Crippen LogP contribution in [0.2, 0.25) is 0 Å². The fourth-order valence-electron chi connectivity index (χ4n) is 2.97. The number of hydrogen-bond donors (Lipinski definition) is 0. The molecule has 3 aromatic heterocycles. The molecule has 0 radical (unpaired) electrons. The van der Waals surface area contributed by atoms with Gasteiger partial charge in [-0.1, -0.05) is 5.16 Å². The molecule has 0 bridgehead atoms. The summed E-state index contributed by atoms with van der Waals surface area (Å²) in [5, 5.41) is 4.13. The van der Waals surface area contributed by atoms with Crippen molar-refractivity contribution in [1.82, 2.24) is 25.1 Å². The SMILES string of the molecule is CN(C)c1ccc(-c2noc([C@@H]3CCCN3c3ncccn3)n2)cn1. The zero-order valence-corrected chi connectivity index (χ0v) is 14.2. The van der Waals surface area contributed by atoms with E-state index in [1.54, 1.807) is 18.6 Å². The number of rotatable bonds is 4. The van der Waals surface area contributed by atoms with Crippen LogP contribution in [-0.2, 0) is 0 Å². The quantitative estimate of drug-likeness (QED) is 0.717. The molecule has 1 aliphatic rings. The van der Waals surface area contributed by atoms with E-state index in [2.05, 4.69) is 30.0 Å². The van der Waals surface area contributed by atoms with E-state index in [0.29, 0.717) is 17.7 Å². The molecule has 0 unspecified atom stereocenters. The smallest absolute Gasteiger partial charge is 0.249 e. The molecule has 0 aromatic carbocycles. The van der Waals surface area contributed by atoms with Gasteiger partial charge < -0.3 is 14.3 Å². The molecule has 0 N–H and O–H groups in total. The van der Waals surface area contributed by atoms with Crippen molar-refractivity contribution in [3.05, 3.63) is 42.7 Å². The molecule has 0 aliphatic carbocycles. The Balaban J connectivity index is 1.58. The molecule has 1 saturated heterocycles. The lowest BCUT2D eigenvalue weighted by Gasteiger charge is -2.21. The summed E-state index contributed by atoms with van der Waals surface area (Å²) in [5.41, 5.74) is 0.834. The average molecular weight is 337 g/mol. The molecule has 1 aliphatic heterocycles. The zero-order chi connectivity index (χ0) is 17.2. The monoisotopic (exact) mass is 337 g/mol. The van der Waals surface area contributed by atoms with Crippen molar-refractivity contribution in [2.24, 2.45) is 0 Å². The standard InChI is InChI=1S/C17H19N7O/c1-23(2)14-7-6-12(11-20-14)15-21-16(25-22-15)13-5-3-10-24(13)17-18-8-4-9-19-17/h4,6-9,11,13H,3,5,10H2,1-2H3/t13-/m0/s1. The maximum absolute atomic E-state index is 5.54. The summed E-state index contributed by atoms with van der Waals surface area (Å²) in [7, 11) is 3.91. The molecule has 4 heterocycles. The molecular formula is C17H19N7O. The van der Waals surface area contributed by atoms with Gasteiger partial charge in [-0.05, 0) is 31.0 Å². The van der Waals surface area contributed by atoms with E-state index in [1.807, 2.05) is 37.2 Å². The topological polar surface area (TPSA) is 84.1 Å². The summed E-state index contributed by atoms with van der Waals surface area (Å²) >= 11 is 0.